The smallest absolute Gasteiger partial charge is 0.107 e. The summed E-state index contributed by atoms with van der Waals surface area (Å²) < 4.78 is 3.43. The lowest BCUT2D eigenvalue weighted by Gasteiger charge is -1.84. The van der Waals surface area contributed by atoms with E-state index in [9.17, 15) is 0 Å². The Bertz CT molecular complexity index is 250. The highest BCUT2D eigenvalue weighted by atomic mass is 79.9. The molecular weight excluding hydrogens is 192 g/mol. The Balaban J connectivity index is 2.87. The molecule has 2 nitrogen and oxygen atoms in total. The van der Waals surface area contributed by atoms with Gasteiger partial charge in [-0.2, -0.15) is 4.99 Å². The van der Waals surface area contributed by atoms with Gasteiger partial charge >= 0.3 is 0 Å². The van der Waals surface area contributed by atoms with Crippen molar-refractivity contribution in [3.05, 3.63) is 30.3 Å². The fourth-order valence-corrected chi connectivity index (χ4v) is 0.658. The lowest BCUT2D eigenvalue weighted by atomic mass is 10.3. The van der Waals surface area contributed by atoms with Crippen LogP contribution in [0.2, 0.25) is 0 Å². The largest absolute Gasteiger partial charge is 0.187 e. The zero-order chi connectivity index (χ0) is 7.23. The summed E-state index contributed by atoms with van der Waals surface area (Å²) in [5, 5.41) is 0. The Kier molecular flexibility index (Phi) is 2.87. The van der Waals surface area contributed by atoms with Crippen molar-refractivity contribution in [2.75, 3.05) is 0 Å². The minimum atomic E-state index is 0.853. The molecule has 0 aromatic heterocycles. The van der Waals surface area contributed by atoms with Gasteiger partial charge < -0.3 is 0 Å². The Morgan fingerprint density at radius 3 is 2.50 bits per heavy atom. The number of nitrogens with zero attached hydrogens (tertiary/aromatic N) is 2. The lowest BCUT2D eigenvalue weighted by molar-refractivity contribution is 1.54. The molecule has 0 unspecified atom stereocenters. The van der Waals surface area contributed by atoms with Crippen LogP contribution in [-0.4, -0.2) is 6.01 Å². The number of benzene rings is 1. The minimum absolute atomic E-state index is 0.853. The molecule has 0 fully saturated rings. The maximum absolute atomic E-state index is 3.86. The van der Waals surface area contributed by atoms with Gasteiger partial charge in [-0.05, 0) is 12.1 Å². The summed E-state index contributed by atoms with van der Waals surface area (Å²) in [5.74, 6) is 0. The van der Waals surface area contributed by atoms with Crippen LogP contribution in [0.3, 0.4) is 0 Å². The highest BCUT2D eigenvalue weighted by Crippen LogP contribution is 2.07. The molecule has 1 aromatic carbocycles. The van der Waals surface area contributed by atoms with Gasteiger partial charge in [-0.25, -0.2) is 0 Å². The van der Waals surface area contributed by atoms with Gasteiger partial charge in [-0.15, -0.1) is 4.02 Å². The van der Waals surface area contributed by atoms with Gasteiger partial charge in [0.05, 0.1) is 21.8 Å². The van der Waals surface area contributed by atoms with E-state index in [1.165, 1.54) is 0 Å². The van der Waals surface area contributed by atoms with E-state index in [2.05, 4.69) is 31.2 Å². The standard InChI is InChI=1S/C7H5BrN2/c8-10-6-9-7-4-2-1-3-5-7/h1-5H. The van der Waals surface area contributed by atoms with E-state index in [1.807, 2.05) is 30.3 Å². The summed E-state index contributed by atoms with van der Waals surface area (Å²) in [7, 11) is 0. The Hall–Kier alpha value is -0.920. The first-order valence-electron chi connectivity index (χ1n) is 2.75. The topological polar surface area (TPSA) is 24.7 Å². The van der Waals surface area contributed by atoms with Crippen molar-refractivity contribution >= 4 is 27.8 Å². The quantitative estimate of drug-likeness (QED) is 0.618. The van der Waals surface area contributed by atoms with Crippen LogP contribution >= 0.6 is 16.1 Å². The van der Waals surface area contributed by atoms with Gasteiger partial charge in [0.15, 0.2) is 0 Å². The molecule has 0 bridgehead atoms. The number of halogens is 1. The van der Waals surface area contributed by atoms with Gasteiger partial charge in [0, 0.05) is 0 Å². The third kappa shape index (κ3) is 2.13. The molecule has 0 spiro atoms. The first kappa shape index (κ1) is 7.19. The van der Waals surface area contributed by atoms with Gasteiger partial charge in [0.2, 0.25) is 0 Å². The van der Waals surface area contributed by atoms with E-state index in [1.54, 1.807) is 0 Å². The normalized spacial score (nSPS) is 8.10. The number of hydrogen-bond donors (Lipinski definition) is 0. The maximum Gasteiger partial charge on any atom is 0.107 e. The second-order valence-corrected chi connectivity index (χ2v) is 1.99. The molecule has 0 aliphatic rings. The summed E-state index contributed by atoms with van der Waals surface area (Å²) in [5.41, 5.74) is 0.853. The van der Waals surface area contributed by atoms with Crippen molar-refractivity contribution in [3.63, 3.8) is 0 Å². The molecule has 0 N–H and O–H groups in total. The lowest BCUT2D eigenvalue weighted by Crippen LogP contribution is -1.59. The Labute approximate surface area is 67.7 Å². The molecule has 0 atom stereocenters. The summed E-state index contributed by atoms with van der Waals surface area (Å²) in [6.45, 7) is 0. The average Bonchev–Trinajstić information content (AvgIpc) is 2.03. The molecule has 0 saturated heterocycles. The number of rotatable bonds is 1. The molecule has 0 heterocycles. The van der Waals surface area contributed by atoms with E-state index < -0.39 is 0 Å². The number of para-hydroxylation sites is 1. The fraction of sp³-hybridized carbons (Fsp3) is 0. The van der Waals surface area contributed by atoms with Crippen molar-refractivity contribution < 1.29 is 0 Å². The number of aliphatic imine (C=N–C) groups is 1. The Morgan fingerprint density at radius 2 is 1.90 bits per heavy atom. The molecule has 1 rings (SSSR count). The van der Waals surface area contributed by atoms with Gasteiger partial charge in [-0.1, -0.05) is 18.2 Å². The fourth-order valence-electron chi connectivity index (χ4n) is 0.579. The summed E-state index contributed by atoms with van der Waals surface area (Å²) >= 11 is 2.83. The third-order valence-corrected chi connectivity index (χ3v) is 1.13. The van der Waals surface area contributed by atoms with Crippen LogP contribution in [0, 0.1) is 0 Å². The van der Waals surface area contributed by atoms with Crippen molar-refractivity contribution in [3.8, 4) is 0 Å². The van der Waals surface area contributed by atoms with Crippen molar-refractivity contribution in [2.24, 2.45) is 9.01 Å². The monoisotopic (exact) mass is 196 g/mol. The maximum atomic E-state index is 3.86. The molecule has 1 aromatic rings. The molecular formula is C7H5BrN2. The number of hydrogen-bond acceptors (Lipinski definition) is 2. The molecule has 0 radical (unpaired) electrons. The third-order valence-electron chi connectivity index (χ3n) is 0.973. The van der Waals surface area contributed by atoms with Crippen LogP contribution in [0.25, 0.3) is 0 Å². The highest BCUT2D eigenvalue weighted by Gasteiger charge is 1.79. The summed E-state index contributed by atoms with van der Waals surface area (Å²) in [6, 6.07) is 11.9. The predicted molar refractivity (Wildman–Crippen MR) is 44.9 cm³/mol. The highest BCUT2D eigenvalue weighted by molar-refractivity contribution is 9.08. The van der Waals surface area contributed by atoms with Crippen LogP contribution in [0.1, 0.15) is 0 Å². The van der Waals surface area contributed by atoms with E-state index in [0.29, 0.717) is 0 Å². The van der Waals surface area contributed by atoms with Gasteiger partial charge in [-0.3, -0.25) is 0 Å². The van der Waals surface area contributed by atoms with E-state index >= 15 is 0 Å². The zero-order valence-electron chi connectivity index (χ0n) is 5.16. The molecule has 50 valence electrons. The predicted octanol–water partition coefficient (Wildman–Crippen LogP) is 2.80. The summed E-state index contributed by atoms with van der Waals surface area (Å²) in [4.78, 5) is 3.86. The molecule has 10 heavy (non-hydrogen) atoms. The minimum Gasteiger partial charge on any atom is -0.187 e. The van der Waals surface area contributed by atoms with Crippen LogP contribution in [0.4, 0.5) is 5.69 Å². The molecule has 0 amide bonds. The van der Waals surface area contributed by atoms with Crippen LogP contribution < -0.4 is 0 Å². The second kappa shape index (κ2) is 3.99. The first-order valence-corrected chi connectivity index (χ1v) is 3.46. The van der Waals surface area contributed by atoms with E-state index in [-0.39, 0.29) is 0 Å². The van der Waals surface area contributed by atoms with E-state index in [0.717, 1.165) is 5.69 Å². The van der Waals surface area contributed by atoms with Crippen molar-refractivity contribution in [2.45, 2.75) is 0 Å². The van der Waals surface area contributed by atoms with Crippen LogP contribution in [-0.2, 0) is 0 Å². The van der Waals surface area contributed by atoms with Crippen LogP contribution in [0.5, 0.6) is 0 Å². The van der Waals surface area contributed by atoms with Gasteiger partial charge in [0.1, 0.15) is 6.01 Å². The average molecular weight is 197 g/mol. The van der Waals surface area contributed by atoms with Crippen molar-refractivity contribution in [1.82, 2.24) is 0 Å². The van der Waals surface area contributed by atoms with Crippen LogP contribution in [0.15, 0.2) is 39.3 Å². The first-order chi connectivity index (χ1) is 4.93. The SMILES string of the molecule is BrN=C=Nc1ccccc1. The van der Waals surface area contributed by atoms with Gasteiger partial charge in [0.25, 0.3) is 0 Å². The molecule has 3 heteroatoms. The Morgan fingerprint density at radius 1 is 1.20 bits per heavy atom. The molecule has 0 aliphatic heterocycles. The van der Waals surface area contributed by atoms with Crippen molar-refractivity contribution in [1.29, 1.82) is 0 Å². The summed E-state index contributed by atoms with van der Waals surface area (Å²) in [6.07, 6.45) is 0. The molecule has 0 saturated carbocycles. The second-order valence-electron chi connectivity index (χ2n) is 1.63. The van der Waals surface area contributed by atoms with E-state index in [4.69, 9.17) is 0 Å². The zero-order valence-corrected chi connectivity index (χ0v) is 6.75. The molecule has 0 aliphatic carbocycles.